The van der Waals surface area contributed by atoms with Gasteiger partial charge in [-0.05, 0) is 49.1 Å². The molecule has 1 aliphatic heterocycles. The highest BCUT2D eigenvalue weighted by Gasteiger charge is 2.56. The van der Waals surface area contributed by atoms with Gasteiger partial charge in [-0.2, -0.15) is 13.2 Å². The number of carbonyl (C=O) groups is 4. The van der Waals surface area contributed by atoms with Crippen LogP contribution in [0.1, 0.15) is 25.3 Å². The number of urea groups is 1. The molecule has 1 aromatic rings. The highest BCUT2D eigenvalue weighted by Crippen LogP contribution is 2.48. The van der Waals surface area contributed by atoms with Crippen LogP contribution in [0.25, 0.3) is 0 Å². The number of amides is 4. The normalized spacial score (nSPS) is 23.4. The Hall–Kier alpha value is -3.90. The largest absolute Gasteiger partial charge is 0.436 e. The smallest absolute Gasteiger partial charge is 0.411 e. The predicted molar refractivity (Wildman–Crippen MR) is 125 cm³/mol. The van der Waals surface area contributed by atoms with E-state index in [0.717, 1.165) is 24.0 Å². The number of allylic oxidation sites excluding steroid dienone is 3. The quantitative estimate of drug-likeness (QED) is 0.542. The van der Waals surface area contributed by atoms with Crippen molar-refractivity contribution in [3.8, 4) is 0 Å². The Morgan fingerprint density at radius 2 is 2.00 bits per heavy atom. The zero-order chi connectivity index (χ0) is 27.8. The molecule has 4 amide bonds. The number of hydrogen-bond acceptors (Lipinski definition) is 5. The van der Waals surface area contributed by atoms with E-state index < -0.39 is 60.7 Å². The topological polar surface area (TPSA) is 108 Å². The van der Waals surface area contributed by atoms with Crippen LogP contribution in [0, 0.1) is 11.7 Å². The SMILES string of the molecule is CNC(=O)NC1=CC=C2C(CCC23CN(CC(=O)N(Cc2cccc(F)c2)[C@@H](C)C(F)(F)F)C(=O)O3)C1=O. The summed E-state index contributed by atoms with van der Waals surface area (Å²) in [6, 6.07) is 2.13. The molecule has 13 heteroatoms. The van der Waals surface area contributed by atoms with Gasteiger partial charge in [-0.3, -0.25) is 14.5 Å². The van der Waals surface area contributed by atoms with Gasteiger partial charge in [0, 0.05) is 19.5 Å². The van der Waals surface area contributed by atoms with Crippen molar-refractivity contribution in [2.45, 2.75) is 44.1 Å². The second kappa shape index (κ2) is 10.1. The van der Waals surface area contributed by atoms with E-state index in [-0.39, 0.29) is 30.0 Å². The van der Waals surface area contributed by atoms with Gasteiger partial charge in [0.15, 0.2) is 11.4 Å². The second-order valence-corrected chi connectivity index (χ2v) is 9.45. The lowest BCUT2D eigenvalue weighted by Gasteiger charge is -2.32. The standard InChI is InChI=1S/C25H26F4N4O5/c1-14(25(27,28)29)33(11-15-4-3-5-16(26)10-15)20(34)12-32-13-24(38-23(32)37)9-8-17-18(24)6-7-19(21(17)35)31-22(36)30-2/h3-7,10,14,17H,8-9,11-13H2,1-2H3,(H2,30,31,36)/t14-,17?,24?/m0/s1. The summed E-state index contributed by atoms with van der Waals surface area (Å²) in [5.74, 6) is -2.65. The molecule has 0 aromatic heterocycles. The van der Waals surface area contributed by atoms with Crippen LogP contribution in [0.2, 0.25) is 0 Å². The Morgan fingerprint density at radius 1 is 1.26 bits per heavy atom. The number of rotatable bonds is 6. The van der Waals surface area contributed by atoms with Gasteiger partial charge in [0.25, 0.3) is 0 Å². The Bertz CT molecular complexity index is 1230. The van der Waals surface area contributed by atoms with E-state index in [0.29, 0.717) is 16.9 Å². The summed E-state index contributed by atoms with van der Waals surface area (Å²) in [5.41, 5.74) is -0.461. The fourth-order valence-corrected chi connectivity index (χ4v) is 5.01. The lowest BCUT2D eigenvalue weighted by molar-refractivity contribution is -0.187. The summed E-state index contributed by atoms with van der Waals surface area (Å²) >= 11 is 0. The van der Waals surface area contributed by atoms with Crippen LogP contribution >= 0.6 is 0 Å². The van der Waals surface area contributed by atoms with E-state index in [1.807, 2.05) is 0 Å². The number of fused-ring (bicyclic) bond motifs is 2. The molecule has 2 N–H and O–H groups in total. The molecule has 3 aliphatic rings. The molecule has 2 unspecified atom stereocenters. The Labute approximate surface area is 215 Å². The third kappa shape index (κ3) is 5.22. The molecular formula is C25H26F4N4O5. The van der Waals surface area contributed by atoms with Gasteiger partial charge in [0.1, 0.15) is 18.4 Å². The van der Waals surface area contributed by atoms with Crippen molar-refractivity contribution in [2.24, 2.45) is 5.92 Å². The summed E-state index contributed by atoms with van der Waals surface area (Å²) in [6.07, 6.45) is -2.07. The molecule has 2 aliphatic carbocycles. The van der Waals surface area contributed by atoms with Crippen molar-refractivity contribution in [3.63, 3.8) is 0 Å². The van der Waals surface area contributed by atoms with E-state index in [2.05, 4.69) is 10.6 Å². The maximum absolute atomic E-state index is 13.6. The minimum Gasteiger partial charge on any atom is -0.436 e. The predicted octanol–water partition coefficient (Wildman–Crippen LogP) is 3.03. The van der Waals surface area contributed by atoms with Gasteiger partial charge in [0.2, 0.25) is 5.91 Å². The average molecular weight is 538 g/mol. The molecule has 0 radical (unpaired) electrons. The van der Waals surface area contributed by atoms with E-state index >= 15 is 0 Å². The Balaban J connectivity index is 1.52. The lowest BCUT2D eigenvalue weighted by Crippen LogP contribution is -2.50. The van der Waals surface area contributed by atoms with Crippen molar-refractivity contribution in [3.05, 3.63) is 59.1 Å². The third-order valence-electron chi connectivity index (χ3n) is 7.04. The third-order valence-corrected chi connectivity index (χ3v) is 7.04. The fourth-order valence-electron chi connectivity index (χ4n) is 5.01. The molecule has 0 bridgehead atoms. The minimum absolute atomic E-state index is 0.0839. The molecule has 1 aromatic carbocycles. The zero-order valence-electron chi connectivity index (χ0n) is 20.6. The molecule has 204 valence electrons. The van der Waals surface area contributed by atoms with Crippen molar-refractivity contribution in [1.82, 2.24) is 20.4 Å². The number of nitrogens with one attached hydrogen (secondary N) is 2. The number of hydrogen-bond donors (Lipinski definition) is 2. The first-order chi connectivity index (χ1) is 17.8. The molecular weight excluding hydrogens is 512 g/mol. The van der Waals surface area contributed by atoms with Crippen LogP contribution in [0.4, 0.5) is 27.2 Å². The fraction of sp³-hybridized carbons (Fsp3) is 0.440. The number of nitrogens with zero attached hydrogens (tertiary/aromatic N) is 2. The van der Waals surface area contributed by atoms with Gasteiger partial charge in [-0.15, -0.1) is 0 Å². The number of Topliss-reactive ketones (excluding diaryl/α,β-unsaturated/α-hetero) is 1. The van der Waals surface area contributed by atoms with Gasteiger partial charge < -0.3 is 20.3 Å². The summed E-state index contributed by atoms with van der Waals surface area (Å²) in [4.78, 5) is 51.9. The summed E-state index contributed by atoms with van der Waals surface area (Å²) in [6.45, 7) is -0.522. The lowest BCUT2D eigenvalue weighted by atomic mass is 9.85. The minimum atomic E-state index is -4.76. The first kappa shape index (κ1) is 27.1. The summed E-state index contributed by atoms with van der Waals surface area (Å²) in [7, 11) is 1.40. The molecule has 2 fully saturated rings. The van der Waals surface area contributed by atoms with Crippen LogP contribution in [0.3, 0.4) is 0 Å². The van der Waals surface area contributed by atoms with Crippen molar-refractivity contribution >= 4 is 23.8 Å². The van der Waals surface area contributed by atoms with Crippen LogP contribution < -0.4 is 10.6 Å². The number of ketones is 1. The number of carbonyl (C=O) groups excluding carboxylic acids is 4. The Morgan fingerprint density at radius 3 is 2.66 bits per heavy atom. The molecule has 3 atom stereocenters. The van der Waals surface area contributed by atoms with Crippen LogP contribution in [-0.2, 0) is 20.9 Å². The van der Waals surface area contributed by atoms with Gasteiger partial charge in [-0.25, -0.2) is 14.0 Å². The van der Waals surface area contributed by atoms with E-state index in [4.69, 9.17) is 4.74 Å². The van der Waals surface area contributed by atoms with Crippen LogP contribution in [0.5, 0.6) is 0 Å². The first-order valence-electron chi connectivity index (χ1n) is 11.9. The Kier molecular flexibility index (Phi) is 7.22. The highest BCUT2D eigenvalue weighted by molar-refractivity contribution is 6.03. The van der Waals surface area contributed by atoms with Gasteiger partial charge in [-0.1, -0.05) is 18.2 Å². The van der Waals surface area contributed by atoms with Crippen molar-refractivity contribution in [1.29, 1.82) is 0 Å². The van der Waals surface area contributed by atoms with E-state index in [1.54, 1.807) is 6.08 Å². The maximum Gasteiger partial charge on any atom is 0.411 e. The average Bonchev–Trinajstić information content (AvgIpc) is 3.37. The van der Waals surface area contributed by atoms with E-state index in [1.165, 1.54) is 25.3 Å². The molecule has 1 spiro atoms. The molecule has 1 saturated carbocycles. The molecule has 38 heavy (non-hydrogen) atoms. The molecule has 1 heterocycles. The maximum atomic E-state index is 13.6. The molecule has 9 nitrogen and oxygen atoms in total. The molecule has 4 rings (SSSR count). The van der Waals surface area contributed by atoms with Crippen LogP contribution in [0.15, 0.2) is 47.7 Å². The molecule has 1 saturated heterocycles. The number of alkyl halides is 3. The highest BCUT2D eigenvalue weighted by atomic mass is 19.4. The van der Waals surface area contributed by atoms with Gasteiger partial charge >= 0.3 is 18.3 Å². The van der Waals surface area contributed by atoms with Gasteiger partial charge in [0.05, 0.1) is 12.2 Å². The number of benzene rings is 1. The van der Waals surface area contributed by atoms with Crippen molar-refractivity contribution in [2.75, 3.05) is 20.1 Å². The first-order valence-corrected chi connectivity index (χ1v) is 11.9. The van der Waals surface area contributed by atoms with E-state index in [9.17, 15) is 36.7 Å². The van der Waals surface area contributed by atoms with Crippen molar-refractivity contribution < 1.29 is 41.5 Å². The number of halogens is 4. The van der Waals surface area contributed by atoms with Crippen LogP contribution in [-0.4, -0.2) is 71.6 Å². The summed E-state index contributed by atoms with van der Waals surface area (Å²) in [5, 5.41) is 4.80. The summed E-state index contributed by atoms with van der Waals surface area (Å²) < 4.78 is 60.0. The zero-order valence-corrected chi connectivity index (χ0v) is 20.6. The number of ether oxygens (including phenoxy) is 1. The monoisotopic (exact) mass is 538 g/mol. The second-order valence-electron chi connectivity index (χ2n) is 9.45.